The highest BCUT2D eigenvalue weighted by molar-refractivity contribution is 8.26. The number of anilines is 1. The van der Waals surface area contributed by atoms with Gasteiger partial charge in [-0.3, -0.25) is 18.9 Å². The van der Waals surface area contributed by atoms with Crippen LogP contribution in [0.1, 0.15) is 39.2 Å². The van der Waals surface area contributed by atoms with E-state index in [-0.39, 0.29) is 11.5 Å². The molecule has 176 valence electrons. The van der Waals surface area contributed by atoms with E-state index in [9.17, 15) is 9.59 Å². The van der Waals surface area contributed by atoms with E-state index in [0.717, 1.165) is 19.5 Å². The summed E-state index contributed by atoms with van der Waals surface area (Å²) in [5, 5.41) is 0. The SMILES string of the molecule is CCOCCCN1C(=O)/C(=C\c2c(N3C[C@H](C)C[C@@H](C)C3)nc3ccccn3c2=O)SC1=S. The average molecular weight is 487 g/mol. The van der Waals surface area contributed by atoms with Crippen molar-refractivity contribution in [2.75, 3.05) is 37.7 Å². The van der Waals surface area contributed by atoms with E-state index in [1.807, 2.05) is 25.1 Å². The topological polar surface area (TPSA) is 67.2 Å². The van der Waals surface area contributed by atoms with E-state index in [4.69, 9.17) is 21.9 Å². The number of hydrogen-bond donors (Lipinski definition) is 0. The number of hydrogen-bond acceptors (Lipinski definition) is 7. The zero-order chi connectivity index (χ0) is 23.5. The smallest absolute Gasteiger partial charge is 0.267 e. The van der Waals surface area contributed by atoms with Gasteiger partial charge in [0.2, 0.25) is 0 Å². The second kappa shape index (κ2) is 10.4. The van der Waals surface area contributed by atoms with Crippen LogP contribution in [0.4, 0.5) is 5.82 Å². The van der Waals surface area contributed by atoms with Crippen LogP contribution in [-0.2, 0) is 9.53 Å². The summed E-state index contributed by atoms with van der Waals surface area (Å²) in [6.45, 7) is 9.79. The zero-order valence-corrected chi connectivity index (χ0v) is 21.0. The minimum absolute atomic E-state index is 0.162. The highest BCUT2D eigenvalue weighted by Crippen LogP contribution is 2.34. The monoisotopic (exact) mass is 486 g/mol. The molecular weight excluding hydrogens is 456 g/mol. The third kappa shape index (κ3) is 5.15. The number of carbonyl (C=O) groups excluding carboxylic acids is 1. The van der Waals surface area contributed by atoms with Gasteiger partial charge in [-0.25, -0.2) is 4.98 Å². The molecule has 2 saturated heterocycles. The summed E-state index contributed by atoms with van der Waals surface area (Å²) in [6, 6.07) is 5.52. The maximum atomic E-state index is 13.5. The molecule has 4 rings (SSSR count). The molecule has 0 bridgehead atoms. The number of thiocarbonyl (C=S) groups is 1. The van der Waals surface area contributed by atoms with Crippen molar-refractivity contribution in [2.24, 2.45) is 11.8 Å². The molecule has 2 aromatic rings. The fraction of sp³-hybridized carbons (Fsp3) is 0.500. The van der Waals surface area contributed by atoms with Gasteiger partial charge in [-0.2, -0.15) is 0 Å². The lowest BCUT2D eigenvalue weighted by molar-refractivity contribution is -0.122. The molecule has 0 unspecified atom stereocenters. The van der Waals surface area contributed by atoms with Gasteiger partial charge in [-0.05, 0) is 49.8 Å². The number of aromatic nitrogens is 2. The van der Waals surface area contributed by atoms with Crippen molar-refractivity contribution in [3.05, 3.63) is 45.2 Å². The molecule has 2 aromatic heterocycles. The van der Waals surface area contributed by atoms with Crippen LogP contribution in [0.25, 0.3) is 11.7 Å². The first-order valence-corrected chi connectivity index (χ1v) is 12.7. The Morgan fingerprint density at radius 2 is 2.00 bits per heavy atom. The van der Waals surface area contributed by atoms with Gasteiger partial charge in [0.15, 0.2) is 0 Å². The molecule has 33 heavy (non-hydrogen) atoms. The van der Waals surface area contributed by atoms with Crippen LogP contribution in [0.2, 0.25) is 0 Å². The Hall–Kier alpha value is -2.23. The van der Waals surface area contributed by atoms with Gasteiger partial charge in [0.1, 0.15) is 15.8 Å². The normalized spacial score (nSPS) is 22.7. The minimum atomic E-state index is -0.178. The highest BCUT2D eigenvalue weighted by atomic mass is 32.2. The molecule has 1 amide bonds. The molecule has 2 fully saturated rings. The Labute approximate surface area is 203 Å². The Morgan fingerprint density at radius 3 is 2.73 bits per heavy atom. The van der Waals surface area contributed by atoms with Crippen molar-refractivity contribution in [2.45, 2.75) is 33.6 Å². The molecule has 0 radical (unpaired) electrons. The predicted octanol–water partition coefficient (Wildman–Crippen LogP) is 3.80. The Morgan fingerprint density at radius 1 is 1.24 bits per heavy atom. The molecule has 2 aliphatic rings. The van der Waals surface area contributed by atoms with Gasteiger partial charge in [0.05, 0.1) is 10.5 Å². The fourth-order valence-corrected chi connectivity index (χ4v) is 5.88. The van der Waals surface area contributed by atoms with Crippen LogP contribution in [0.3, 0.4) is 0 Å². The maximum Gasteiger partial charge on any atom is 0.267 e. The highest BCUT2D eigenvalue weighted by Gasteiger charge is 2.33. The summed E-state index contributed by atoms with van der Waals surface area (Å²) in [4.78, 5) is 35.8. The van der Waals surface area contributed by atoms with Crippen molar-refractivity contribution in [3.8, 4) is 0 Å². The van der Waals surface area contributed by atoms with Gasteiger partial charge in [-0.1, -0.05) is 43.9 Å². The standard InChI is InChI=1S/C24H30N4O3S2/c1-4-31-11-7-10-28-23(30)19(33-24(28)32)13-18-21(26-14-16(2)12-17(3)15-26)25-20-8-5-6-9-27(20)22(18)29/h5-6,8-9,13,16-17H,4,7,10-12,14-15H2,1-3H3/b19-13+/t16-,17-/m1/s1. The van der Waals surface area contributed by atoms with Gasteiger partial charge >= 0.3 is 0 Å². The van der Waals surface area contributed by atoms with E-state index in [1.54, 1.807) is 17.2 Å². The van der Waals surface area contributed by atoms with Crippen LogP contribution in [0, 0.1) is 11.8 Å². The number of pyridine rings is 1. The first-order chi connectivity index (χ1) is 15.9. The van der Waals surface area contributed by atoms with Crippen molar-refractivity contribution < 1.29 is 9.53 Å². The summed E-state index contributed by atoms with van der Waals surface area (Å²) in [5.74, 6) is 1.49. The summed E-state index contributed by atoms with van der Waals surface area (Å²) < 4.78 is 7.43. The second-order valence-electron chi connectivity index (χ2n) is 8.82. The second-order valence-corrected chi connectivity index (χ2v) is 10.5. The Bertz CT molecular complexity index is 1140. The summed E-state index contributed by atoms with van der Waals surface area (Å²) in [7, 11) is 0. The van der Waals surface area contributed by atoms with Gasteiger partial charge in [0, 0.05) is 39.0 Å². The van der Waals surface area contributed by atoms with Gasteiger partial charge in [-0.15, -0.1) is 0 Å². The Balaban J connectivity index is 1.73. The number of rotatable bonds is 7. The molecule has 7 nitrogen and oxygen atoms in total. The maximum absolute atomic E-state index is 13.5. The Kier molecular flexibility index (Phi) is 7.51. The summed E-state index contributed by atoms with van der Waals surface area (Å²) in [5.41, 5.74) is 0.863. The molecule has 0 aromatic carbocycles. The molecule has 0 spiro atoms. The van der Waals surface area contributed by atoms with Crippen molar-refractivity contribution in [1.29, 1.82) is 0 Å². The van der Waals surface area contributed by atoms with Crippen LogP contribution >= 0.6 is 24.0 Å². The molecule has 2 aliphatic heterocycles. The number of nitrogens with zero attached hydrogens (tertiary/aromatic N) is 4. The van der Waals surface area contributed by atoms with E-state index in [2.05, 4.69) is 18.7 Å². The average Bonchev–Trinajstić information content (AvgIpc) is 3.05. The molecule has 4 heterocycles. The predicted molar refractivity (Wildman–Crippen MR) is 138 cm³/mol. The molecule has 0 N–H and O–H groups in total. The van der Waals surface area contributed by atoms with E-state index in [0.29, 0.717) is 64.3 Å². The zero-order valence-electron chi connectivity index (χ0n) is 19.3. The van der Waals surface area contributed by atoms with Gasteiger partial charge < -0.3 is 9.64 Å². The first-order valence-electron chi connectivity index (χ1n) is 11.5. The number of amides is 1. The van der Waals surface area contributed by atoms with Gasteiger partial charge in [0.25, 0.3) is 11.5 Å². The molecule has 9 heteroatoms. The largest absolute Gasteiger partial charge is 0.382 e. The third-order valence-electron chi connectivity index (χ3n) is 5.94. The minimum Gasteiger partial charge on any atom is -0.382 e. The number of piperidine rings is 1. The molecular formula is C24H30N4O3S2. The molecule has 0 aliphatic carbocycles. The van der Waals surface area contributed by atoms with Crippen LogP contribution < -0.4 is 10.5 Å². The summed E-state index contributed by atoms with van der Waals surface area (Å²) in [6.07, 6.45) is 5.27. The van der Waals surface area contributed by atoms with Crippen molar-refractivity contribution >= 4 is 51.7 Å². The lowest BCUT2D eigenvalue weighted by Crippen LogP contribution is -2.40. The number of ether oxygens (including phenoxy) is 1. The quantitative estimate of drug-likeness (QED) is 0.335. The van der Waals surface area contributed by atoms with E-state index >= 15 is 0 Å². The lowest BCUT2D eigenvalue weighted by Gasteiger charge is -2.36. The lowest BCUT2D eigenvalue weighted by atomic mass is 9.91. The number of fused-ring (bicyclic) bond motifs is 1. The first kappa shape index (κ1) is 23.9. The number of carbonyl (C=O) groups is 1. The molecule has 2 atom stereocenters. The van der Waals surface area contributed by atoms with Crippen molar-refractivity contribution in [1.82, 2.24) is 14.3 Å². The van der Waals surface area contributed by atoms with Crippen molar-refractivity contribution in [3.63, 3.8) is 0 Å². The van der Waals surface area contributed by atoms with Crippen LogP contribution in [0.15, 0.2) is 34.1 Å². The fourth-order valence-electron chi connectivity index (χ4n) is 4.59. The molecule has 0 saturated carbocycles. The van der Waals surface area contributed by atoms with Crippen LogP contribution in [0.5, 0.6) is 0 Å². The van der Waals surface area contributed by atoms with Crippen LogP contribution in [-0.4, -0.2) is 57.4 Å². The van der Waals surface area contributed by atoms with E-state index < -0.39 is 0 Å². The summed E-state index contributed by atoms with van der Waals surface area (Å²) >= 11 is 6.71. The third-order valence-corrected chi connectivity index (χ3v) is 7.32. The van der Waals surface area contributed by atoms with E-state index in [1.165, 1.54) is 16.2 Å². The number of thioether (sulfide) groups is 1.